The highest BCUT2D eigenvalue weighted by molar-refractivity contribution is 6.30. The van der Waals surface area contributed by atoms with Gasteiger partial charge in [0.2, 0.25) is 0 Å². The van der Waals surface area contributed by atoms with E-state index < -0.39 is 47.9 Å². The lowest BCUT2D eigenvalue weighted by Gasteiger charge is -2.39. The number of alkyl halides is 3. The van der Waals surface area contributed by atoms with E-state index in [2.05, 4.69) is 20.7 Å². The number of hydrogen-bond donors (Lipinski definition) is 5. The van der Waals surface area contributed by atoms with E-state index in [-0.39, 0.29) is 22.2 Å². The first kappa shape index (κ1) is 29.0. The number of hydrogen-bond acceptors (Lipinski definition) is 4. The number of amides is 5. The van der Waals surface area contributed by atoms with Crippen molar-refractivity contribution in [3.63, 3.8) is 0 Å². The molecule has 0 bridgehead atoms. The Bertz CT molecular complexity index is 1360. The predicted octanol–water partition coefficient (Wildman–Crippen LogP) is 5.94. The fourth-order valence-electron chi connectivity index (χ4n) is 3.34. The van der Waals surface area contributed by atoms with Gasteiger partial charge < -0.3 is 26.4 Å². The number of carbonyl (C=O) groups excluding carboxylic acids is 3. The quantitative estimate of drug-likeness (QED) is 0.248. The molecule has 4 rings (SSSR count). The summed E-state index contributed by atoms with van der Waals surface area (Å²) in [4.78, 5) is 34.0. The molecule has 1 atom stereocenters. The molecular formula is C24H19ClF5N5O4. The van der Waals surface area contributed by atoms with E-state index in [1.807, 2.05) is 5.32 Å². The van der Waals surface area contributed by atoms with Gasteiger partial charge >= 0.3 is 24.3 Å². The molecule has 15 heteroatoms. The van der Waals surface area contributed by atoms with Gasteiger partial charge in [0, 0.05) is 22.0 Å². The van der Waals surface area contributed by atoms with Gasteiger partial charge in [-0.25, -0.2) is 23.2 Å². The van der Waals surface area contributed by atoms with Crippen molar-refractivity contribution >= 4 is 46.8 Å². The molecule has 0 aliphatic carbocycles. The molecule has 39 heavy (non-hydrogen) atoms. The van der Waals surface area contributed by atoms with E-state index in [1.165, 1.54) is 48.5 Å². The summed E-state index contributed by atoms with van der Waals surface area (Å²) < 4.78 is 71.6. The number of cyclic esters (lactones) is 1. The van der Waals surface area contributed by atoms with Gasteiger partial charge in [0.05, 0.1) is 12.2 Å². The topological polar surface area (TPSA) is 135 Å². The fourth-order valence-corrected chi connectivity index (χ4v) is 3.51. The van der Waals surface area contributed by atoms with Gasteiger partial charge in [0.1, 0.15) is 11.6 Å². The second-order valence-electron chi connectivity index (χ2n) is 7.84. The zero-order valence-corrected chi connectivity index (χ0v) is 20.3. The third-order valence-electron chi connectivity index (χ3n) is 5.09. The van der Waals surface area contributed by atoms with Crippen LogP contribution in [-0.2, 0) is 10.3 Å². The first-order valence-corrected chi connectivity index (χ1v) is 11.2. The maximum Gasteiger partial charge on any atom is 0.434 e. The molecule has 9 nitrogen and oxygen atoms in total. The second-order valence-corrected chi connectivity index (χ2v) is 8.28. The Morgan fingerprint density at radius 2 is 1.46 bits per heavy atom. The van der Waals surface area contributed by atoms with Gasteiger partial charge in [-0.05, 0) is 66.7 Å². The Hall–Kier alpha value is -4.59. The van der Waals surface area contributed by atoms with Crippen molar-refractivity contribution in [1.29, 1.82) is 0 Å². The molecule has 0 saturated carbocycles. The highest BCUT2D eigenvalue weighted by atomic mass is 35.5. The molecule has 0 aromatic heterocycles. The van der Waals surface area contributed by atoms with Crippen LogP contribution in [0.5, 0.6) is 0 Å². The number of ether oxygens (including phenoxy) is 1. The minimum absolute atomic E-state index is 0.0112. The minimum atomic E-state index is -5.06. The van der Waals surface area contributed by atoms with E-state index in [4.69, 9.17) is 17.3 Å². The summed E-state index contributed by atoms with van der Waals surface area (Å²) in [5.41, 5.74) is 1.73. The van der Waals surface area contributed by atoms with Crippen molar-refractivity contribution in [3.8, 4) is 0 Å². The molecule has 0 radical (unpaired) electrons. The molecular weight excluding hydrogens is 553 g/mol. The van der Waals surface area contributed by atoms with Crippen LogP contribution in [0.25, 0.3) is 0 Å². The van der Waals surface area contributed by atoms with Crippen molar-refractivity contribution in [2.45, 2.75) is 11.8 Å². The summed E-state index contributed by atoms with van der Waals surface area (Å²) in [6, 6.07) is 11.8. The molecule has 0 spiro atoms. The van der Waals surface area contributed by atoms with Gasteiger partial charge in [-0.1, -0.05) is 11.6 Å². The maximum atomic E-state index is 13.9. The molecule has 3 aromatic rings. The summed E-state index contributed by atoms with van der Waals surface area (Å²) in [5, 5.41) is 8.75. The van der Waals surface area contributed by atoms with Crippen LogP contribution >= 0.6 is 11.6 Å². The maximum absolute atomic E-state index is 13.9. The lowest BCUT2D eigenvalue weighted by atomic mass is 9.89. The zero-order chi connectivity index (χ0) is 28.8. The number of halogens is 6. The van der Waals surface area contributed by atoms with Crippen LogP contribution in [0.15, 0.2) is 66.7 Å². The summed E-state index contributed by atoms with van der Waals surface area (Å²) in [6.07, 6.45) is -6.39. The van der Waals surface area contributed by atoms with Crippen molar-refractivity contribution in [1.82, 2.24) is 5.32 Å². The highest BCUT2D eigenvalue weighted by Crippen LogP contribution is 2.47. The lowest BCUT2D eigenvalue weighted by Crippen LogP contribution is -2.57. The Balaban J connectivity index is 0.000000320. The zero-order valence-electron chi connectivity index (χ0n) is 19.5. The second kappa shape index (κ2) is 11.9. The Kier molecular flexibility index (Phi) is 8.81. The third kappa shape index (κ3) is 7.47. The Labute approximate surface area is 222 Å². The molecule has 1 aliphatic heterocycles. The molecule has 206 valence electrons. The average Bonchev–Trinajstić information content (AvgIpc) is 2.85. The van der Waals surface area contributed by atoms with Crippen molar-refractivity contribution < 1.29 is 41.1 Å². The van der Waals surface area contributed by atoms with Crippen LogP contribution in [0.3, 0.4) is 0 Å². The summed E-state index contributed by atoms with van der Waals surface area (Å²) in [5.74, 6) is -0.892. The number of rotatable bonds is 4. The summed E-state index contributed by atoms with van der Waals surface area (Å²) >= 11 is 5.81. The molecule has 0 fully saturated rings. The number of primary amides is 1. The summed E-state index contributed by atoms with van der Waals surface area (Å²) in [6.45, 7) is -1.11. The van der Waals surface area contributed by atoms with Gasteiger partial charge in [-0.15, -0.1) is 0 Å². The summed E-state index contributed by atoms with van der Waals surface area (Å²) in [7, 11) is 0. The third-order valence-corrected chi connectivity index (χ3v) is 5.33. The van der Waals surface area contributed by atoms with Crippen LogP contribution in [0.4, 0.5) is 53.4 Å². The van der Waals surface area contributed by atoms with Crippen LogP contribution in [-0.4, -0.2) is 30.9 Å². The molecule has 6 N–H and O–H groups in total. The molecule has 1 heterocycles. The first-order chi connectivity index (χ1) is 18.3. The highest BCUT2D eigenvalue weighted by Gasteiger charge is 2.62. The van der Waals surface area contributed by atoms with Crippen LogP contribution in [0.2, 0.25) is 5.02 Å². The number of nitrogens with two attached hydrogens (primary N) is 1. The molecule has 1 aliphatic rings. The van der Waals surface area contributed by atoms with Crippen LogP contribution in [0.1, 0.15) is 5.56 Å². The van der Waals surface area contributed by atoms with Gasteiger partial charge in [-0.2, -0.15) is 13.2 Å². The largest absolute Gasteiger partial charge is 0.434 e. The van der Waals surface area contributed by atoms with E-state index in [0.717, 1.165) is 18.2 Å². The average molecular weight is 572 g/mol. The van der Waals surface area contributed by atoms with Crippen LogP contribution in [0, 0.1) is 11.6 Å². The van der Waals surface area contributed by atoms with Crippen molar-refractivity contribution in [2.75, 3.05) is 22.5 Å². The normalized spacial score (nSPS) is 15.9. The van der Waals surface area contributed by atoms with Gasteiger partial charge in [-0.3, -0.25) is 5.32 Å². The monoisotopic (exact) mass is 571 g/mol. The minimum Gasteiger partial charge on any atom is -0.426 e. The smallest absolute Gasteiger partial charge is 0.426 e. The van der Waals surface area contributed by atoms with E-state index in [0.29, 0.717) is 5.69 Å². The van der Waals surface area contributed by atoms with Gasteiger partial charge in [0.25, 0.3) is 5.60 Å². The molecule has 5 amide bonds. The standard InChI is InChI=1S/C17H12ClF4N3O3.C7H7FN2O/c18-9-1-6-13-12(7-9)16(17(20,21)22,28-15(27)25-13)8-23-14(26)24-11-4-2-10(19)3-5-11;8-5-1-3-6(4-2-5)10-7(9)11/h1-7H,8H2,(H,25,27)(H2,23,24,26);1-4H,(H3,9,10,11). The lowest BCUT2D eigenvalue weighted by molar-refractivity contribution is -0.261. The molecule has 3 aromatic carbocycles. The van der Waals surface area contributed by atoms with Gasteiger partial charge in [0.15, 0.2) is 0 Å². The Morgan fingerprint density at radius 3 is 1.97 bits per heavy atom. The van der Waals surface area contributed by atoms with E-state index >= 15 is 0 Å². The number of urea groups is 2. The van der Waals surface area contributed by atoms with Crippen molar-refractivity contribution in [3.05, 3.63) is 89.0 Å². The number of anilines is 3. The van der Waals surface area contributed by atoms with Crippen LogP contribution < -0.4 is 27.0 Å². The number of benzene rings is 3. The van der Waals surface area contributed by atoms with Crippen molar-refractivity contribution in [2.24, 2.45) is 5.73 Å². The molecule has 0 saturated heterocycles. The SMILES string of the molecule is NC(=O)Nc1ccc(F)cc1.O=C(NCC1(C(F)(F)F)OC(=O)Nc2ccc(Cl)cc21)Nc1ccc(F)cc1. The predicted molar refractivity (Wildman–Crippen MR) is 132 cm³/mol. The number of fused-ring (bicyclic) bond motifs is 1. The number of carbonyl (C=O) groups is 3. The van der Waals surface area contributed by atoms with E-state index in [9.17, 15) is 36.3 Å². The Morgan fingerprint density at radius 1 is 0.923 bits per heavy atom. The number of nitrogens with one attached hydrogen (secondary N) is 4. The first-order valence-electron chi connectivity index (χ1n) is 10.8. The fraction of sp³-hybridized carbons (Fsp3) is 0.125. The molecule has 1 unspecified atom stereocenters. The van der Waals surface area contributed by atoms with E-state index in [1.54, 1.807) is 0 Å².